The standard InChI is InChI=1S/C9H16N2O/c1-4-5-6-7-10-9(12)8-11(2)3/h6-8H2,1-3H3,(H,10,12). The third-order valence-corrected chi connectivity index (χ3v) is 1.21. The summed E-state index contributed by atoms with van der Waals surface area (Å²) in [7, 11) is 3.73. The Hall–Kier alpha value is -1.01. The molecule has 0 aliphatic carbocycles. The maximum Gasteiger partial charge on any atom is 0.234 e. The highest BCUT2D eigenvalue weighted by atomic mass is 16.1. The minimum Gasteiger partial charge on any atom is -0.354 e. The van der Waals surface area contributed by atoms with E-state index in [-0.39, 0.29) is 5.91 Å². The summed E-state index contributed by atoms with van der Waals surface area (Å²) in [6.07, 6.45) is 0.732. The van der Waals surface area contributed by atoms with Gasteiger partial charge in [-0.1, -0.05) is 0 Å². The van der Waals surface area contributed by atoms with Gasteiger partial charge < -0.3 is 10.2 Å². The van der Waals surface area contributed by atoms with Crippen molar-refractivity contribution in [2.24, 2.45) is 0 Å². The summed E-state index contributed by atoms with van der Waals surface area (Å²) in [5, 5.41) is 2.77. The number of hydrogen-bond acceptors (Lipinski definition) is 2. The molecule has 0 aromatic heterocycles. The van der Waals surface area contributed by atoms with Gasteiger partial charge in [0.15, 0.2) is 0 Å². The predicted octanol–water partition coefficient (Wildman–Crippen LogP) is 0.0776. The lowest BCUT2D eigenvalue weighted by Gasteiger charge is -2.08. The first-order valence-electron chi connectivity index (χ1n) is 3.98. The maximum atomic E-state index is 11.0. The van der Waals surface area contributed by atoms with Gasteiger partial charge in [-0.3, -0.25) is 4.79 Å². The molecule has 0 saturated heterocycles. The Balaban J connectivity index is 3.36. The van der Waals surface area contributed by atoms with E-state index >= 15 is 0 Å². The Morgan fingerprint density at radius 1 is 1.50 bits per heavy atom. The maximum absolute atomic E-state index is 11.0. The van der Waals surface area contributed by atoms with E-state index in [4.69, 9.17) is 0 Å². The Morgan fingerprint density at radius 3 is 2.67 bits per heavy atom. The normalized spacial score (nSPS) is 9.00. The van der Waals surface area contributed by atoms with Crippen molar-refractivity contribution in [3.63, 3.8) is 0 Å². The number of carbonyl (C=O) groups excluding carboxylic acids is 1. The van der Waals surface area contributed by atoms with Crippen LogP contribution in [0.15, 0.2) is 0 Å². The van der Waals surface area contributed by atoms with Crippen molar-refractivity contribution in [3.05, 3.63) is 0 Å². The molecule has 12 heavy (non-hydrogen) atoms. The summed E-state index contributed by atoms with van der Waals surface area (Å²) >= 11 is 0. The molecule has 0 aliphatic heterocycles. The molecule has 0 atom stereocenters. The van der Waals surface area contributed by atoms with Gasteiger partial charge >= 0.3 is 0 Å². The Labute approximate surface area is 74.1 Å². The largest absolute Gasteiger partial charge is 0.354 e. The first-order valence-corrected chi connectivity index (χ1v) is 3.98. The molecule has 0 aliphatic rings. The average Bonchev–Trinajstić information content (AvgIpc) is 1.97. The molecule has 3 heteroatoms. The summed E-state index contributed by atoms with van der Waals surface area (Å²) in [5.41, 5.74) is 0. The summed E-state index contributed by atoms with van der Waals surface area (Å²) in [4.78, 5) is 12.8. The quantitative estimate of drug-likeness (QED) is 0.476. The average molecular weight is 168 g/mol. The first kappa shape index (κ1) is 11.0. The molecule has 0 radical (unpaired) electrons. The summed E-state index contributed by atoms with van der Waals surface area (Å²) in [5.74, 6) is 5.70. The fraction of sp³-hybridized carbons (Fsp3) is 0.667. The number of nitrogens with one attached hydrogen (secondary N) is 1. The van der Waals surface area contributed by atoms with Crippen LogP contribution in [0, 0.1) is 11.8 Å². The van der Waals surface area contributed by atoms with Crippen molar-refractivity contribution in [1.29, 1.82) is 0 Å². The molecule has 0 spiro atoms. The van der Waals surface area contributed by atoms with Gasteiger partial charge in [0.2, 0.25) is 5.91 Å². The topological polar surface area (TPSA) is 32.3 Å². The van der Waals surface area contributed by atoms with E-state index in [1.807, 2.05) is 19.0 Å². The third-order valence-electron chi connectivity index (χ3n) is 1.21. The molecule has 0 bridgehead atoms. The molecule has 68 valence electrons. The molecule has 0 fully saturated rings. The number of nitrogens with zero attached hydrogens (tertiary/aromatic N) is 1. The van der Waals surface area contributed by atoms with Crippen molar-refractivity contribution in [1.82, 2.24) is 10.2 Å². The van der Waals surface area contributed by atoms with Gasteiger partial charge in [0.1, 0.15) is 0 Å². The van der Waals surface area contributed by atoms with E-state index in [0.29, 0.717) is 13.1 Å². The Morgan fingerprint density at radius 2 is 2.17 bits per heavy atom. The zero-order chi connectivity index (χ0) is 9.40. The van der Waals surface area contributed by atoms with Crippen LogP contribution in [0.1, 0.15) is 13.3 Å². The van der Waals surface area contributed by atoms with E-state index in [1.165, 1.54) is 0 Å². The zero-order valence-corrected chi connectivity index (χ0v) is 7.98. The molecule has 0 heterocycles. The zero-order valence-electron chi connectivity index (χ0n) is 7.98. The van der Waals surface area contributed by atoms with Gasteiger partial charge in [-0.15, -0.1) is 11.8 Å². The highest BCUT2D eigenvalue weighted by Crippen LogP contribution is 1.76. The van der Waals surface area contributed by atoms with Gasteiger partial charge in [-0.05, 0) is 21.0 Å². The van der Waals surface area contributed by atoms with E-state index in [9.17, 15) is 4.79 Å². The predicted molar refractivity (Wildman–Crippen MR) is 49.6 cm³/mol. The minimum absolute atomic E-state index is 0.0536. The lowest BCUT2D eigenvalue weighted by molar-refractivity contribution is -0.121. The molecule has 1 amide bonds. The molecule has 3 nitrogen and oxygen atoms in total. The van der Waals surface area contributed by atoms with Crippen molar-refractivity contribution < 1.29 is 4.79 Å². The van der Waals surface area contributed by atoms with Gasteiger partial charge in [0.05, 0.1) is 6.54 Å². The number of amides is 1. The molecule has 0 aromatic carbocycles. The van der Waals surface area contributed by atoms with E-state index in [0.717, 1.165) is 6.42 Å². The van der Waals surface area contributed by atoms with Gasteiger partial charge in [0, 0.05) is 13.0 Å². The van der Waals surface area contributed by atoms with Gasteiger partial charge in [-0.25, -0.2) is 0 Å². The van der Waals surface area contributed by atoms with E-state index in [2.05, 4.69) is 17.2 Å². The third kappa shape index (κ3) is 7.10. The van der Waals surface area contributed by atoms with Crippen LogP contribution < -0.4 is 5.32 Å². The van der Waals surface area contributed by atoms with Crippen LogP contribution in [-0.4, -0.2) is 38.0 Å². The van der Waals surface area contributed by atoms with Crippen LogP contribution >= 0.6 is 0 Å². The van der Waals surface area contributed by atoms with E-state index in [1.54, 1.807) is 6.92 Å². The van der Waals surface area contributed by atoms with E-state index < -0.39 is 0 Å². The number of hydrogen-bond donors (Lipinski definition) is 1. The second-order valence-corrected chi connectivity index (χ2v) is 2.76. The van der Waals surface area contributed by atoms with Crippen LogP contribution in [-0.2, 0) is 4.79 Å². The monoisotopic (exact) mass is 168 g/mol. The molecule has 0 saturated carbocycles. The number of rotatable bonds is 4. The lowest BCUT2D eigenvalue weighted by Crippen LogP contribution is -2.33. The molecular weight excluding hydrogens is 152 g/mol. The van der Waals surface area contributed by atoms with Crippen LogP contribution in [0.2, 0.25) is 0 Å². The fourth-order valence-electron chi connectivity index (χ4n) is 0.733. The van der Waals surface area contributed by atoms with Crippen LogP contribution in [0.4, 0.5) is 0 Å². The van der Waals surface area contributed by atoms with Crippen molar-refractivity contribution in [2.45, 2.75) is 13.3 Å². The minimum atomic E-state index is 0.0536. The second kappa shape index (κ2) is 6.68. The van der Waals surface area contributed by atoms with Crippen LogP contribution in [0.5, 0.6) is 0 Å². The van der Waals surface area contributed by atoms with Gasteiger partial charge in [-0.2, -0.15) is 0 Å². The number of carbonyl (C=O) groups is 1. The first-order chi connectivity index (χ1) is 5.66. The van der Waals surface area contributed by atoms with Crippen molar-refractivity contribution in [2.75, 3.05) is 27.2 Å². The van der Waals surface area contributed by atoms with Crippen molar-refractivity contribution >= 4 is 5.91 Å². The summed E-state index contributed by atoms with van der Waals surface area (Å²) in [6.45, 7) is 2.88. The van der Waals surface area contributed by atoms with Crippen LogP contribution in [0.25, 0.3) is 0 Å². The fourth-order valence-corrected chi connectivity index (χ4v) is 0.733. The smallest absolute Gasteiger partial charge is 0.234 e. The van der Waals surface area contributed by atoms with Crippen LogP contribution in [0.3, 0.4) is 0 Å². The second-order valence-electron chi connectivity index (χ2n) is 2.76. The highest BCUT2D eigenvalue weighted by molar-refractivity contribution is 5.77. The SMILES string of the molecule is CC#CCCNC(=O)CN(C)C. The van der Waals surface area contributed by atoms with Gasteiger partial charge in [0.25, 0.3) is 0 Å². The highest BCUT2D eigenvalue weighted by Gasteiger charge is 1.99. The molecule has 0 rings (SSSR count). The summed E-state index contributed by atoms with van der Waals surface area (Å²) in [6, 6.07) is 0. The Bertz CT molecular complexity index is 188. The lowest BCUT2D eigenvalue weighted by atomic mass is 10.4. The molecule has 0 unspecified atom stereocenters. The molecular formula is C9H16N2O. The Kier molecular flexibility index (Phi) is 6.12. The summed E-state index contributed by atoms with van der Waals surface area (Å²) < 4.78 is 0. The van der Waals surface area contributed by atoms with Crippen molar-refractivity contribution in [3.8, 4) is 11.8 Å². The number of likely N-dealkylation sites (N-methyl/N-ethyl adjacent to an activating group) is 1. The molecule has 0 aromatic rings. The molecule has 1 N–H and O–H groups in total.